The van der Waals surface area contributed by atoms with Crippen molar-refractivity contribution in [1.29, 1.82) is 0 Å². The van der Waals surface area contributed by atoms with Crippen LogP contribution in [0.4, 0.5) is 5.69 Å². The first-order chi connectivity index (χ1) is 14.8. The molecule has 0 atom stereocenters. The van der Waals surface area contributed by atoms with E-state index in [-0.39, 0.29) is 33.0 Å². The second-order valence-electron chi connectivity index (χ2n) is 6.16. The third-order valence-corrected chi connectivity index (χ3v) is 5.99. The highest BCUT2D eigenvalue weighted by Crippen LogP contribution is 2.37. The number of benzene rings is 2. The van der Waals surface area contributed by atoms with Crippen molar-refractivity contribution >= 4 is 80.0 Å². The quantitative estimate of drug-likeness (QED) is 0.237. The number of hydrogen-bond acceptors (Lipinski definition) is 5. The van der Waals surface area contributed by atoms with Crippen LogP contribution < -0.4 is 19.7 Å². The fourth-order valence-electron chi connectivity index (χ4n) is 2.78. The zero-order valence-corrected chi connectivity index (χ0v) is 20.0. The molecule has 1 N–H and O–H groups in total. The van der Waals surface area contributed by atoms with Crippen LogP contribution in [0.3, 0.4) is 0 Å². The molecular formula is C21H15BrCl2N2O4S. The summed E-state index contributed by atoms with van der Waals surface area (Å²) in [7, 11) is 1.49. The summed E-state index contributed by atoms with van der Waals surface area (Å²) in [5.74, 6) is -0.381. The van der Waals surface area contributed by atoms with E-state index in [4.69, 9.17) is 44.9 Å². The van der Waals surface area contributed by atoms with Gasteiger partial charge < -0.3 is 9.47 Å². The average Bonchev–Trinajstić information content (AvgIpc) is 2.73. The summed E-state index contributed by atoms with van der Waals surface area (Å²) in [4.78, 5) is 26.9. The first-order valence-corrected chi connectivity index (χ1v) is 10.7. The van der Waals surface area contributed by atoms with Gasteiger partial charge in [-0.15, -0.1) is 0 Å². The van der Waals surface area contributed by atoms with E-state index in [1.165, 1.54) is 13.2 Å². The zero-order valence-electron chi connectivity index (χ0n) is 16.1. The monoisotopic (exact) mass is 540 g/mol. The van der Waals surface area contributed by atoms with Gasteiger partial charge in [0, 0.05) is 4.47 Å². The maximum absolute atomic E-state index is 13.2. The minimum absolute atomic E-state index is 0.0962. The van der Waals surface area contributed by atoms with Gasteiger partial charge in [-0.1, -0.05) is 57.9 Å². The Kier molecular flexibility index (Phi) is 7.38. The Balaban J connectivity index is 2.06. The Labute approximate surface area is 202 Å². The van der Waals surface area contributed by atoms with Gasteiger partial charge in [0.15, 0.2) is 16.6 Å². The number of ether oxygens (including phenoxy) is 2. The molecule has 160 valence electrons. The summed E-state index contributed by atoms with van der Waals surface area (Å²) < 4.78 is 11.5. The Bertz CT molecular complexity index is 1140. The highest BCUT2D eigenvalue weighted by Gasteiger charge is 2.36. The SMILES string of the molecule is C=CCOc1cc(Br)c(/C=C2\C(=O)NC(=S)N(c3cccc(Cl)c3Cl)C2=O)cc1OC. The fourth-order valence-corrected chi connectivity index (χ4v) is 3.87. The molecule has 0 radical (unpaired) electrons. The second-order valence-corrected chi connectivity index (χ2v) is 8.18. The molecule has 0 aliphatic carbocycles. The molecule has 0 unspecified atom stereocenters. The molecule has 1 aliphatic heterocycles. The van der Waals surface area contributed by atoms with Crippen LogP contribution >= 0.6 is 51.3 Å². The smallest absolute Gasteiger partial charge is 0.270 e. The number of carbonyl (C=O) groups is 2. The summed E-state index contributed by atoms with van der Waals surface area (Å²) in [6.07, 6.45) is 3.03. The van der Waals surface area contributed by atoms with Gasteiger partial charge in [0.2, 0.25) is 0 Å². The van der Waals surface area contributed by atoms with Crippen LogP contribution in [0, 0.1) is 0 Å². The van der Waals surface area contributed by atoms with Crippen molar-refractivity contribution in [3.05, 3.63) is 68.6 Å². The molecule has 0 spiro atoms. The molecule has 1 heterocycles. The van der Waals surface area contributed by atoms with E-state index in [1.807, 2.05) is 0 Å². The second kappa shape index (κ2) is 9.82. The molecule has 6 nitrogen and oxygen atoms in total. The van der Waals surface area contributed by atoms with Crippen molar-refractivity contribution in [2.75, 3.05) is 18.6 Å². The maximum atomic E-state index is 13.2. The summed E-state index contributed by atoms with van der Waals surface area (Å²) in [6.45, 7) is 3.90. The van der Waals surface area contributed by atoms with Crippen LogP contribution in [0.15, 0.2) is 53.0 Å². The van der Waals surface area contributed by atoms with Crippen LogP contribution in [0.5, 0.6) is 11.5 Å². The number of halogens is 3. The van der Waals surface area contributed by atoms with Gasteiger partial charge in [0.05, 0.1) is 22.8 Å². The molecule has 1 saturated heterocycles. The first kappa shape index (κ1) is 23.3. The number of nitrogens with zero attached hydrogens (tertiary/aromatic N) is 1. The number of methoxy groups -OCH3 is 1. The van der Waals surface area contributed by atoms with Crippen molar-refractivity contribution in [1.82, 2.24) is 5.32 Å². The molecule has 2 aromatic rings. The first-order valence-electron chi connectivity index (χ1n) is 8.75. The van der Waals surface area contributed by atoms with Crippen molar-refractivity contribution in [3.8, 4) is 11.5 Å². The predicted octanol–water partition coefficient (Wildman–Crippen LogP) is 5.16. The number of carbonyl (C=O) groups excluding carboxylic acids is 2. The lowest BCUT2D eigenvalue weighted by molar-refractivity contribution is -0.122. The predicted molar refractivity (Wildman–Crippen MR) is 129 cm³/mol. The van der Waals surface area contributed by atoms with Gasteiger partial charge in [-0.05, 0) is 48.1 Å². The van der Waals surface area contributed by atoms with Crippen LogP contribution in [0.2, 0.25) is 10.0 Å². The van der Waals surface area contributed by atoms with Crippen LogP contribution in [-0.2, 0) is 9.59 Å². The Hall–Kier alpha value is -2.39. The van der Waals surface area contributed by atoms with Gasteiger partial charge in [-0.2, -0.15) is 0 Å². The van der Waals surface area contributed by atoms with Gasteiger partial charge in [-0.25, -0.2) is 0 Å². The van der Waals surface area contributed by atoms with Gasteiger partial charge in [0.1, 0.15) is 12.2 Å². The van der Waals surface area contributed by atoms with Crippen molar-refractivity contribution < 1.29 is 19.1 Å². The number of thiocarbonyl (C=S) groups is 1. The maximum Gasteiger partial charge on any atom is 0.270 e. The van der Waals surface area contributed by atoms with Crippen LogP contribution in [-0.4, -0.2) is 30.6 Å². The number of anilines is 1. The lowest BCUT2D eigenvalue weighted by atomic mass is 10.1. The molecule has 3 rings (SSSR count). The molecule has 0 saturated carbocycles. The van der Waals surface area contributed by atoms with Crippen LogP contribution in [0.1, 0.15) is 5.56 Å². The molecule has 1 aliphatic rings. The molecule has 2 amide bonds. The molecular weight excluding hydrogens is 527 g/mol. The van der Waals surface area contributed by atoms with E-state index in [1.54, 1.807) is 36.4 Å². The third kappa shape index (κ3) is 4.77. The summed E-state index contributed by atoms with van der Waals surface area (Å²) in [5, 5.41) is 2.80. The topological polar surface area (TPSA) is 67.9 Å². The third-order valence-electron chi connectivity index (χ3n) is 4.21. The van der Waals surface area contributed by atoms with Crippen LogP contribution in [0.25, 0.3) is 6.08 Å². The van der Waals surface area contributed by atoms with Gasteiger partial charge in [0.25, 0.3) is 11.8 Å². The number of hydrogen-bond donors (Lipinski definition) is 1. The number of nitrogens with one attached hydrogen (secondary N) is 1. The fraction of sp³-hybridized carbons (Fsp3) is 0.0952. The molecule has 1 fully saturated rings. The highest BCUT2D eigenvalue weighted by atomic mass is 79.9. The summed E-state index contributed by atoms with van der Waals surface area (Å²) in [5.41, 5.74) is 0.637. The Morgan fingerprint density at radius 1 is 1.26 bits per heavy atom. The molecule has 0 bridgehead atoms. The van der Waals surface area contributed by atoms with E-state index >= 15 is 0 Å². The van der Waals surface area contributed by atoms with E-state index < -0.39 is 11.8 Å². The standard InChI is InChI=1S/C21H15BrCl2N2O4S/c1-3-7-30-17-10-13(22)11(9-16(17)29-2)8-12-19(27)25-21(31)26(20(12)28)15-6-4-5-14(23)18(15)24/h3-6,8-10H,1,7H2,2H3,(H,25,27,31)/b12-8+. The minimum atomic E-state index is -0.643. The molecule has 31 heavy (non-hydrogen) atoms. The van der Waals surface area contributed by atoms with Crippen molar-refractivity contribution in [2.24, 2.45) is 0 Å². The number of rotatable bonds is 6. The normalized spacial score (nSPS) is 15.2. The van der Waals surface area contributed by atoms with Gasteiger partial charge in [-0.3, -0.25) is 19.8 Å². The average molecular weight is 542 g/mol. The van der Waals surface area contributed by atoms with Gasteiger partial charge >= 0.3 is 0 Å². The van der Waals surface area contributed by atoms with Crippen molar-refractivity contribution in [3.63, 3.8) is 0 Å². The highest BCUT2D eigenvalue weighted by molar-refractivity contribution is 9.10. The molecule has 10 heteroatoms. The minimum Gasteiger partial charge on any atom is -0.493 e. The van der Waals surface area contributed by atoms with Crippen molar-refractivity contribution in [2.45, 2.75) is 0 Å². The Morgan fingerprint density at radius 3 is 2.68 bits per heavy atom. The lowest BCUT2D eigenvalue weighted by Crippen LogP contribution is -2.54. The van der Waals surface area contributed by atoms with E-state index in [9.17, 15) is 9.59 Å². The largest absolute Gasteiger partial charge is 0.493 e. The molecule has 0 aromatic heterocycles. The summed E-state index contributed by atoms with van der Waals surface area (Å²) >= 11 is 21.0. The van der Waals surface area contributed by atoms with E-state index in [0.29, 0.717) is 21.5 Å². The van der Waals surface area contributed by atoms with E-state index in [0.717, 1.165) is 4.90 Å². The van der Waals surface area contributed by atoms with E-state index in [2.05, 4.69) is 27.8 Å². The summed E-state index contributed by atoms with van der Waals surface area (Å²) in [6, 6.07) is 8.11. The Morgan fingerprint density at radius 2 is 2.00 bits per heavy atom. The molecule has 2 aromatic carbocycles. The zero-order chi connectivity index (χ0) is 22.7. The number of amides is 2. The lowest BCUT2D eigenvalue weighted by Gasteiger charge is -2.29.